The molecule has 42 heavy (non-hydrogen) atoms. The molecule has 0 radical (unpaired) electrons. The van der Waals surface area contributed by atoms with Crippen LogP contribution in [0.2, 0.25) is 0 Å². The van der Waals surface area contributed by atoms with Gasteiger partial charge in [-0.2, -0.15) is 0 Å². The number of ether oxygens (including phenoxy) is 1. The summed E-state index contributed by atoms with van der Waals surface area (Å²) < 4.78 is 7.71. The summed E-state index contributed by atoms with van der Waals surface area (Å²) in [6.07, 6.45) is 9.56. The number of aliphatic hydroxyl groups is 1. The summed E-state index contributed by atoms with van der Waals surface area (Å²) in [5, 5.41) is 10.4. The highest BCUT2D eigenvalue weighted by atomic mass is 16.5. The molecule has 0 amide bonds. The van der Waals surface area contributed by atoms with Gasteiger partial charge in [0.1, 0.15) is 11.9 Å². The van der Waals surface area contributed by atoms with Crippen LogP contribution in [0.3, 0.4) is 0 Å². The average Bonchev–Trinajstić information content (AvgIpc) is 3.39. The van der Waals surface area contributed by atoms with Crippen molar-refractivity contribution in [1.29, 1.82) is 0 Å². The first-order valence-electron chi connectivity index (χ1n) is 12.1. The Labute approximate surface area is 247 Å². The number of hydrogen-bond donors (Lipinski definition) is 1. The summed E-state index contributed by atoms with van der Waals surface area (Å²) in [4.78, 5) is 0. The molecule has 2 aromatic carbocycles. The van der Waals surface area contributed by atoms with E-state index < -0.39 is 0 Å². The molecule has 0 atom stereocenters. The Morgan fingerprint density at radius 3 is 1.74 bits per heavy atom. The minimum Gasteiger partial charge on any atom is -0.407 e. The molecule has 0 fully saturated rings. The predicted octanol–water partition coefficient (Wildman–Crippen LogP) is 3.49. The van der Waals surface area contributed by atoms with Gasteiger partial charge in [0.2, 0.25) is 0 Å². The van der Waals surface area contributed by atoms with Gasteiger partial charge < -0.3 is 14.4 Å². The highest BCUT2D eigenvalue weighted by Gasteiger charge is 2.05. The fourth-order valence-corrected chi connectivity index (χ4v) is 3.33. The van der Waals surface area contributed by atoms with E-state index in [0.29, 0.717) is 12.3 Å². The van der Waals surface area contributed by atoms with Gasteiger partial charge >= 0.3 is 0 Å². The van der Waals surface area contributed by atoms with Gasteiger partial charge in [0.25, 0.3) is 0 Å². The Morgan fingerprint density at radius 1 is 0.643 bits per heavy atom. The zero-order valence-electron chi connectivity index (χ0n) is 22.4. The van der Waals surface area contributed by atoms with E-state index in [9.17, 15) is 5.11 Å². The third-order valence-electron chi connectivity index (χ3n) is 4.90. The Balaban J connectivity index is 1.49. The van der Waals surface area contributed by atoms with Crippen LogP contribution >= 0.6 is 0 Å². The van der Waals surface area contributed by atoms with E-state index in [-0.39, 0.29) is 6.61 Å². The summed E-state index contributed by atoms with van der Waals surface area (Å²) in [6, 6.07) is 13.9. The lowest BCUT2D eigenvalue weighted by atomic mass is 10.1. The number of benzene rings is 2. The molecular formula is C39H17NO2. The lowest BCUT2D eigenvalue weighted by molar-refractivity contribution is 0.282. The largest absolute Gasteiger partial charge is 0.407 e. The molecule has 0 saturated heterocycles. The quantitative estimate of drug-likeness (QED) is 0.524. The molecule has 0 unspecified atom stereocenters. The molecule has 0 aliphatic rings. The first kappa shape index (κ1) is 29.5. The fourth-order valence-electron chi connectivity index (χ4n) is 3.33. The van der Waals surface area contributed by atoms with Crippen molar-refractivity contribution in [2.75, 3.05) is 0 Å². The van der Waals surface area contributed by atoms with Gasteiger partial charge in [-0.05, 0) is 107 Å². The monoisotopic (exact) mass is 531 g/mol. The SMILES string of the molecule is C#CC#CC#CC#CC#CC#CC#CC#CC#CC#CC#COc1cc(C)cc(Cn2ccc3cc(CO)ccc32)c1. The number of terminal acetylenes is 1. The van der Waals surface area contributed by atoms with Crippen molar-refractivity contribution < 1.29 is 9.84 Å². The summed E-state index contributed by atoms with van der Waals surface area (Å²) in [6.45, 7) is 2.70. The summed E-state index contributed by atoms with van der Waals surface area (Å²) in [5.74, 6) is 50.5. The molecule has 0 aliphatic carbocycles. The number of aromatic nitrogens is 1. The fraction of sp³-hybridized carbons (Fsp3) is 0.0769. The van der Waals surface area contributed by atoms with Crippen molar-refractivity contribution in [3.05, 3.63) is 65.4 Å². The molecule has 0 bridgehead atoms. The Hall–Kier alpha value is -7.10. The van der Waals surface area contributed by atoms with Gasteiger partial charge in [-0.3, -0.25) is 0 Å². The molecule has 0 spiro atoms. The molecule has 0 saturated carbocycles. The standard InChI is InChI=1S/C39H17NO2/c1-3-4-5-6-7-8-9-10-11-12-13-14-15-16-17-18-19-20-21-22-27-42-38-29-34(2)28-36(31-38)32-40-26-25-37-30-35(33-41)23-24-39(37)40/h1,23-26,28-31,41H,32-33H2,2H3. The maximum absolute atomic E-state index is 9.36. The highest BCUT2D eigenvalue weighted by molar-refractivity contribution is 5.81. The van der Waals surface area contributed by atoms with Crippen molar-refractivity contribution in [1.82, 2.24) is 4.57 Å². The lowest BCUT2D eigenvalue weighted by Gasteiger charge is -2.09. The first-order chi connectivity index (χ1) is 20.7. The van der Waals surface area contributed by atoms with Crippen LogP contribution in [0.15, 0.2) is 48.7 Å². The van der Waals surface area contributed by atoms with Gasteiger partial charge in [0.15, 0.2) is 0 Å². The highest BCUT2D eigenvalue weighted by Crippen LogP contribution is 2.22. The van der Waals surface area contributed by atoms with Crippen LogP contribution in [0.25, 0.3) is 10.9 Å². The molecule has 190 valence electrons. The molecule has 1 N–H and O–H groups in total. The van der Waals surface area contributed by atoms with Gasteiger partial charge in [-0.15, -0.1) is 6.42 Å². The number of nitrogens with zero attached hydrogens (tertiary/aromatic N) is 1. The summed E-state index contributed by atoms with van der Waals surface area (Å²) in [7, 11) is 0. The van der Waals surface area contributed by atoms with Crippen molar-refractivity contribution in [3.63, 3.8) is 0 Å². The van der Waals surface area contributed by atoms with Crippen LogP contribution in [0, 0.1) is 138 Å². The maximum atomic E-state index is 9.36. The normalized spacial score (nSPS) is 7.45. The number of aryl methyl sites for hydroxylation is 1. The lowest BCUT2D eigenvalue weighted by Crippen LogP contribution is -1.99. The van der Waals surface area contributed by atoms with E-state index >= 15 is 0 Å². The third-order valence-corrected chi connectivity index (χ3v) is 4.90. The topological polar surface area (TPSA) is 34.4 Å². The maximum Gasteiger partial charge on any atom is 0.140 e. The number of rotatable bonds is 4. The van der Waals surface area contributed by atoms with Crippen LogP contribution in [-0.4, -0.2) is 9.67 Å². The van der Waals surface area contributed by atoms with Crippen molar-refractivity contribution >= 4 is 10.9 Å². The average molecular weight is 532 g/mol. The van der Waals surface area contributed by atoms with Gasteiger partial charge in [-0.1, -0.05) is 12.1 Å². The second-order valence-electron chi connectivity index (χ2n) is 7.87. The Bertz CT molecular complexity index is 2210. The van der Waals surface area contributed by atoms with Crippen LogP contribution in [0.5, 0.6) is 5.75 Å². The second kappa shape index (κ2) is 17.4. The van der Waals surface area contributed by atoms with E-state index in [1.165, 1.54) is 0 Å². The number of fused-ring (bicyclic) bond motifs is 1. The van der Waals surface area contributed by atoms with Crippen LogP contribution in [0.1, 0.15) is 16.7 Å². The van der Waals surface area contributed by atoms with Crippen molar-refractivity contribution in [2.24, 2.45) is 0 Å². The molecule has 3 nitrogen and oxygen atoms in total. The molecule has 1 aromatic heterocycles. The Kier molecular flexibility index (Phi) is 12.2. The van der Waals surface area contributed by atoms with E-state index in [2.05, 4.69) is 135 Å². The van der Waals surface area contributed by atoms with E-state index in [1.54, 1.807) is 0 Å². The predicted molar refractivity (Wildman–Crippen MR) is 165 cm³/mol. The van der Waals surface area contributed by atoms with Gasteiger partial charge in [0.05, 0.1) is 6.61 Å². The third kappa shape index (κ3) is 10.7. The molecule has 3 aromatic rings. The molecule has 3 heteroatoms. The van der Waals surface area contributed by atoms with Crippen LogP contribution in [-0.2, 0) is 13.2 Å². The summed E-state index contributed by atoms with van der Waals surface area (Å²) in [5.41, 5.74) is 4.12. The Morgan fingerprint density at radius 2 is 1.19 bits per heavy atom. The first-order valence-corrected chi connectivity index (χ1v) is 12.1. The van der Waals surface area contributed by atoms with Gasteiger partial charge in [-0.25, -0.2) is 0 Å². The molecule has 3 rings (SSSR count). The smallest absolute Gasteiger partial charge is 0.140 e. The van der Waals surface area contributed by atoms with Crippen molar-refractivity contribution in [3.8, 4) is 137 Å². The van der Waals surface area contributed by atoms with Crippen LogP contribution < -0.4 is 4.74 Å². The minimum absolute atomic E-state index is 0.0246. The second-order valence-corrected chi connectivity index (χ2v) is 7.87. The zero-order chi connectivity index (χ0) is 29.7. The molecule has 1 heterocycles. The minimum atomic E-state index is 0.0246. The van der Waals surface area contributed by atoms with E-state index in [4.69, 9.17) is 11.2 Å². The van der Waals surface area contributed by atoms with Crippen molar-refractivity contribution in [2.45, 2.75) is 20.1 Å². The summed E-state index contributed by atoms with van der Waals surface area (Å²) >= 11 is 0. The van der Waals surface area contributed by atoms with E-state index in [0.717, 1.165) is 27.6 Å². The van der Waals surface area contributed by atoms with E-state index in [1.807, 2.05) is 49.5 Å². The van der Waals surface area contributed by atoms with Crippen LogP contribution in [0.4, 0.5) is 0 Å². The van der Waals surface area contributed by atoms with Gasteiger partial charge in [0, 0.05) is 89.3 Å². The number of hydrogen-bond acceptors (Lipinski definition) is 2. The molecular weight excluding hydrogens is 514 g/mol. The number of aliphatic hydroxyl groups excluding tert-OH is 1. The molecule has 0 aliphatic heterocycles. The zero-order valence-corrected chi connectivity index (χ0v) is 22.4.